The molecule has 0 spiro atoms. The lowest BCUT2D eigenvalue weighted by Gasteiger charge is -2.23. The summed E-state index contributed by atoms with van der Waals surface area (Å²) in [7, 11) is 0. The number of anilines is 1. The highest BCUT2D eigenvalue weighted by atomic mass is 32.1. The molecule has 3 aromatic carbocycles. The van der Waals surface area contributed by atoms with E-state index in [1.807, 2.05) is 42.5 Å². The number of nitrogens with one attached hydrogen (secondary N) is 1. The number of amides is 1. The van der Waals surface area contributed by atoms with Gasteiger partial charge in [0.25, 0.3) is 11.6 Å². The van der Waals surface area contributed by atoms with Gasteiger partial charge in [-0.1, -0.05) is 30.3 Å². The molecule has 1 aliphatic rings. The van der Waals surface area contributed by atoms with Crippen LogP contribution in [0.15, 0.2) is 78.9 Å². The maximum absolute atomic E-state index is 13.2. The number of carbonyl (C=O) groups excluding carboxylic acids is 1. The standard InChI is InChI=1S/C22H17N3O4S/c1-22(15-7-13-19(14-8-15)29-18-5-3-2-4-6-18)20(26)24(21(30)23-22)16-9-11-17(12-10-16)25(27)28/h2-14H,1H3,(H,23,30). The zero-order valence-electron chi connectivity index (χ0n) is 15.9. The molecule has 1 unspecified atom stereocenters. The van der Waals surface area contributed by atoms with Crippen LogP contribution < -0.4 is 15.0 Å². The molecular weight excluding hydrogens is 402 g/mol. The first-order valence-corrected chi connectivity index (χ1v) is 9.54. The predicted octanol–water partition coefficient (Wildman–Crippen LogP) is 4.52. The van der Waals surface area contributed by atoms with Crippen LogP contribution in [0.4, 0.5) is 11.4 Å². The van der Waals surface area contributed by atoms with E-state index in [0.29, 0.717) is 11.4 Å². The molecule has 1 amide bonds. The minimum absolute atomic E-state index is 0.0546. The zero-order valence-corrected chi connectivity index (χ0v) is 16.8. The van der Waals surface area contributed by atoms with Gasteiger partial charge in [-0.2, -0.15) is 0 Å². The number of ether oxygens (including phenoxy) is 1. The maximum atomic E-state index is 13.2. The molecule has 7 nitrogen and oxygen atoms in total. The Morgan fingerprint density at radius 2 is 1.57 bits per heavy atom. The average molecular weight is 419 g/mol. The third-order valence-electron chi connectivity index (χ3n) is 4.92. The fourth-order valence-electron chi connectivity index (χ4n) is 3.27. The summed E-state index contributed by atoms with van der Waals surface area (Å²) in [5, 5.41) is 14.2. The van der Waals surface area contributed by atoms with Gasteiger partial charge in [0.2, 0.25) is 0 Å². The van der Waals surface area contributed by atoms with Gasteiger partial charge < -0.3 is 10.1 Å². The van der Waals surface area contributed by atoms with E-state index in [-0.39, 0.29) is 16.7 Å². The summed E-state index contributed by atoms with van der Waals surface area (Å²) in [4.78, 5) is 25.0. The van der Waals surface area contributed by atoms with Crippen molar-refractivity contribution in [1.29, 1.82) is 0 Å². The highest BCUT2D eigenvalue weighted by molar-refractivity contribution is 7.80. The highest BCUT2D eigenvalue weighted by Crippen LogP contribution is 2.34. The average Bonchev–Trinajstić information content (AvgIpc) is 2.98. The lowest BCUT2D eigenvalue weighted by Crippen LogP contribution is -2.40. The van der Waals surface area contributed by atoms with Gasteiger partial charge in [-0.15, -0.1) is 0 Å². The third kappa shape index (κ3) is 3.48. The van der Waals surface area contributed by atoms with Gasteiger partial charge in [-0.25, -0.2) is 0 Å². The fraction of sp³-hybridized carbons (Fsp3) is 0.0909. The predicted molar refractivity (Wildman–Crippen MR) is 117 cm³/mol. The van der Waals surface area contributed by atoms with Gasteiger partial charge in [0.1, 0.15) is 17.0 Å². The molecule has 1 aliphatic heterocycles. The Bertz CT molecular complexity index is 1120. The summed E-state index contributed by atoms with van der Waals surface area (Å²) in [6.45, 7) is 1.75. The summed E-state index contributed by atoms with van der Waals surface area (Å²) < 4.78 is 5.80. The van der Waals surface area contributed by atoms with Crippen LogP contribution in [-0.2, 0) is 10.3 Å². The number of thiocarbonyl (C=S) groups is 1. The minimum atomic E-state index is -1.07. The lowest BCUT2D eigenvalue weighted by atomic mass is 9.92. The van der Waals surface area contributed by atoms with E-state index in [0.717, 1.165) is 11.3 Å². The lowest BCUT2D eigenvalue weighted by molar-refractivity contribution is -0.384. The number of nitro groups is 1. The first-order valence-electron chi connectivity index (χ1n) is 9.13. The molecule has 1 fully saturated rings. The largest absolute Gasteiger partial charge is 0.457 e. The minimum Gasteiger partial charge on any atom is -0.457 e. The van der Waals surface area contributed by atoms with Gasteiger partial charge >= 0.3 is 0 Å². The number of hydrogen-bond acceptors (Lipinski definition) is 5. The van der Waals surface area contributed by atoms with Crippen LogP contribution in [0, 0.1) is 10.1 Å². The van der Waals surface area contributed by atoms with Crippen molar-refractivity contribution in [2.75, 3.05) is 4.90 Å². The second-order valence-electron chi connectivity index (χ2n) is 6.91. The molecule has 0 saturated carbocycles. The molecule has 1 saturated heterocycles. The van der Waals surface area contributed by atoms with Crippen LogP contribution in [0.5, 0.6) is 11.5 Å². The molecule has 1 atom stereocenters. The van der Waals surface area contributed by atoms with Crippen LogP contribution in [0.25, 0.3) is 0 Å². The molecule has 0 bridgehead atoms. The Kier molecular flexibility index (Phi) is 4.93. The number of para-hydroxylation sites is 1. The number of carbonyl (C=O) groups is 1. The van der Waals surface area contributed by atoms with Crippen LogP contribution >= 0.6 is 12.2 Å². The van der Waals surface area contributed by atoms with E-state index in [1.165, 1.54) is 29.2 Å². The second-order valence-corrected chi connectivity index (χ2v) is 7.30. The van der Waals surface area contributed by atoms with Gasteiger partial charge in [0.05, 0.1) is 10.6 Å². The van der Waals surface area contributed by atoms with Crippen LogP contribution in [0.3, 0.4) is 0 Å². The fourth-order valence-corrected chi connectivity index (χ4v) is 3.67. The Morgan fingerprint density at radius 1 is 0.967 bits per heavy atom. The van der Waals surface area contributed by atoms with Crippen molar-refractivity contribution in [3.05, 3.63) is 94.5 Å². The monoisotopic (exact) mass is 419 g/mol. The molecule has 1 heterocycles. The first-order chi connectivity index (χ1) is 14.4. The van der Waals surface area contributed by atoms with Crippen molar-refractivity contribution >= 4 is 34.6 Å². The van der Waals surface area contributed by atoms with Crippen LogP contribution in [-0.4, -0.2) is 15.9 Å². The maximum Gasteiger partial charge on any atom is 0.269 e. The van der Waals surface area contributed by atoms with Gasteiger partial charge in [-0.05, 0) is 61.1 Å². The first kappa shape index (κ1) is 19.5. The Labute approximate surface area is 178 Å². The SMILES string of the molecule is CC1(c2ccc(Oc3ccccc3)cc2)NC(=S)N(c2ccc([N+](=O)[O-])cc2)C1=O. The molecule has 0 radical (unpaired) electrons. The van der Waals surface area contributed by atoms with Crippen molar-refractivity contribution in [2.24, 2.45) is 0 Å². The topological polar surface area (TPSA) is 84.7 Å². The van der Waals surface area contributed by atoms with Gasteiger partial charge in [0.15, 0.2) is 5.11 Å². The third-order valence-corrected chi connectivity index (χ3v) is 5.20. The van der Waals surface area contributed by atoms with Crippen molar-refractivity contribution in [3.8, 4) is 11.5 Å². The normalized spacial score (nSPS) is 18.2. The molecule has 8 heteroatoms. The second kappa shape index (κ2) is 7.57. The molecule has 30 heavy (non-hydrogen) atoms. The summed E-state index contributed by atoms with van der Waals surface area (Å²) >= 11 is 5.38. The quantitative estimate of drug-likeness (QED) is 0.372. The molecular formula is C22H17N3O4S. The van der Waals surface area contributed by atoms with Gasteiger partial charge in [0, 0.05) is 12.1 Å². The number of hydrogen-bond donors (Lipinski definition) is 1. The van der Waals surface area contributed by atoms with E-state index in [9.17, 15) is 14.9 Å². The number of nitro benzene ring substituents is 1. The number of nitrogens with zero attached hydrogens (tertiary/aromatic N) is 2. The summed E-state index contributed by atoms with van der Waals surface area (Å²) in [6.07, 6.45) is 0. The van der Waals surface area contributed by atoms with Crippen LogP contribution in [0.2, 0.25) is 0 Å². The van der Waals surface area contributed by atoms with E-state index < -0.39 is 10.5 Å². The number of benzene rings is 3. The van der Waals surface area contributed by atoms with E-state index >= 15 is 0 Å². The van der Waals surface area contributed by atoms with E-state index in [4.69, 9.17) is 17.0 Å². The summed E-state index contributed by atoms with van der Waals surface area (Å²) in [6, 6.07) is 22.3. The van der Waals surface area contributed by atoms with Crippen LogP contribution in [0.1, 0.15) is 12.5 Å². The molecule has 3 aromatic rings. The molecule has 0 aliphatic carbocycles. The van der Waals surface area contributed by atoms with Crippen molar-refractivity contribution in [2.45, 2.75) is 12.5 Å². The van der Waals surface area contributed by atoms with Crippen molar-refractivity contribution in [3.63, 3.8) is 0 Å². The molecule has 150 valence electrons. The molecule has 4 rings (SSSR count). The van der Waals surface area contributed by atoms with E-state index in [1.54, 1.807) is 19.1 Å². The summed E-state index contributed by atoms with van der Waals surface area (Å²) in [5.74, 6) is 1.10. The Morgan fingerprint density at radius 3 is 2.17 bits per heavy atom. The van der Waals surface area contributed by atoms with Crippen molar-refractivity contribution < 1.29 is 14.5 Å². The summed E-state index contributed by atoms with van der Waals surface area (Å²) in [5.41, 5.74) is 0.0704. The smallest absolute Gasteiger partial charge is 0.269 e. The van der Waals surface area contributed by atoms with E-state index in [2.05, 4.69) is 5.32 Å². The Hall–Kier alpha value is -3.78. The molecule has 1 N–H and O–H groups in total. The molecule has 0 aromatic heterocycles. The van der Waals surface area contributed by atoms with Gasteiger partial charge in [-0.3, -0.25) is 19.8 Å². The zero-order chi connectivity index (χ0) is 21.3. The van der Waals surface area contributed by atoms with Crippen molar-refractivity contribution in [1.82, 2.24) is 5.32 Å². The highest BCUT2D eigenvalue weighted by Gasteiger charge is 2.47. The number of non-ortho nitro benzene ring substituents is 1. The number of rotatable bonds is 5. The Balaban J connectivity index is 1.57.